The highest BCUT2D eigenvalue weighted by molar-refractivity contribution is 5.94. The number of rotatable bonds is 3. The molecule has 5 heteroatoms. The Morgan fingerprint density at radius 2 is 1.97 bits per heavy atom. The van der Waals surface area contributed by atoms with Crippen LogP contribution in [0.4, 0.5) is 4.39 Å². The molecule has 0 N–H and O–H groups in total. The number of carbonyl (C=O) groups excluding carboxylic acids is 1. The predicted octanol–water partition coefficient (Wildman–Crippen LogP) is 4.92. The van der Waals surface area contributed by atoms with Crippen LogP contribution in [-0.2, 0) is 0 Å². The Bertz CT molecular complexity index is 1050. The Morgan fingerprint density at radius 3 is 2.76 bits per heavy atom. The molecule has 1 atom stereocenters. The number of nitrogens with zero attached hydrogens (tertiary/aromatic N) is 3. The molecule has 1 aromatic heterocycles. The minimum atomic E-state index is -0.474. The van der Waals surface area contributed by atoms with E-state index in [0.717, 1.165) is 29.7 Å². The molecule has 0 radical (unpaired) electrons. The van der Waals surface area contributed by atoms with Crippen molar-refractivity contribution in [2.24, 2.45) is 0 Å². The van der Waals surface area contributed by atoms with Crippen LogP contribution >= 0.6 is 0 Å². The fraction of sp³-hybridized carbons (Fsp3) is 0.292. The zero-order valence-corrected chi connectivity index (χ0v) is 16.7. The van der Waals surface area contributed by atoms with Gasteiger partial charge in [0, 0.05) is 30.8 Å². The van der Waals surface area contributed by atoms with Gasteiger partial charge in [0.2, 0.25) is 0 Å². The predicted molar refractivity (Wildman–Crippen MR) is 111 cm³/mol. The second-order valence-corrected chi connectivity index (χ2v) is 7.66. The summed E-state index contributed by atoms with van der Waals surface area (Å²) in [4.78, 5) is 23.8. The molecule has 2 aromatic carbocycles. The van der Waals surface area contributed by atoms with Crippen LogP contribution in [0.1, 0.15) is 46.2 Å². The molecule has 0 spiro atoms. The van der Waals surface area contributed by atoms with Gasteiger partial charge in [-0.05, 0) is 44.4 Å². The van der Waals surface area contributed by atoms with E-state index in [0.29, 0.717) is 18.9 Å². The van der Waals surface area contributed by atoms with Crippen molar-refractivity contribution in [3.05, 3.63) is 83.2 Å². The quantitative estimate of drug-likeness (QED) is 0.639. The van der Waals surface area contributed by atoms with Crippen molar-refractivity contribution in [3.63, 3.8) is 0 Å². The van der Waals surface area contributed by atoms with Crippen molar-refractivity contribution < 1.29 is 9.18 Å². The minimum Gasteiger partial charge on any atom is -0.338 e. The van der Waals surface area contributed by atoms with Gasteiger partial charge in [0.15, 0.2) is 0 Å². The number of aryl methyl sites for hydroxylation is 2. The van der Waals surface area contributed by atoms with E-state index in [2.05, 4.69) is 30.1 Å². The molecule has 3 aromatic rings. The molecular weight excluding hydrogens is 365 g/mol. The lowest BCUT2D eigenvalue weighted by molar-refractivity contribution is 0.0701. The lowest BCUT2D eigenvalue weighted by Gasteiger charge is -2.33. The fourth-order valence-electron chi connectivity index (χ4n) is 4.02. The maximum atomic E-state index is 14.1. The number of aromatic nitrogens is 2. The monoisotopic (exact) mass is 389 g/mol. The van der Waals surface area contributed by atoms with Gasteiger partial charge in [-0.1, -0.05) is 42.0 Å². The number of piperidine rings is 1. The highest BCUT2D eigenvalue weighted by Gasteiger charge is 2.29. The highest BCUT2D eigenvalue weighted by atomic mass is 19.1. The Balaban J connectivity index is 1.66. The molecule has 0 bridgehead atoms. The molecule has 4 rings (SSSR count). The largest absolute Gasteiger partial charge is 0.338 e. The first-order valence-corrected chi connectivity index (χ1v) is 9.97. The molecule has 4 nitrogen and oxygen atoms in total. The van der Waals surface area contributed by atoms with Gasteiger partial charge < -0.3 is 4.90 Å². The van der Waals surface area contributed by atoms with Gasteiger partial charge in [0.25, 0.3) is 5.91 Å². The number of amides is 1. The van der Waals surface area contributed by atoms with E-state index in [9.17, 15) is 9.18 Å². The van der Waals surface area contributed by atoms with E-state index in [1.807, 2.05) is 19.2 Å². The van der Waals surface area contributed by atoms with E-state index in [4.69, 9.17) is 4.98 Å². The molecule has 1 saturated heterocycles. The van der Waals surface area contributed by atoms with Crippen molar-refractivity contribution >= 4 is 5.91 Å². The molecular formula is C24H24FN3O. The number of likely N-dealkylation sites (tertiary alicyclic amines) is 1. The molecule has 0 aliphatic carbocycles. The summed E-state index contributed by atoms with van der Waals surface area (Å²) in [7, 11) is 0. The number of halogens is 1. The number of carbonyl (C=O) groups is 1. The Kier molecular flexibility index (Phi) is 5.38. The second kappa shape index (κ2) is 8.11. The van der Waals surface area contributed by atoms with Gasteiger partial charge in [0.1, 0.15) is 11.6 Å². The number of benzene rings is 2. The van der Waals surface area contributed by atoms with Gasteiger partial charge in [0.05, 0.1) is 11.3 Å². The summed E-state index contributed by atoms with van der Waals surface area (Å²) in [6, 6.07) is 14.5. The maximum absolute atomic E-state index is 14.1. The van der Waals surface area contributed by atoms with E-state index < -0.39 is 5.82 Å². The third kappa shape index (κ3) is 4.04. The first-order valence-electron chi connectivity index (χ1n) is 9.97. The molecule has 1 aliphatic heterocycles. The maximum Gasteiger partial charge on any atom is 0.256 e. The van der Waals surface area contributed by atoms with Crippen LogP contribution in [0.3, 0.4) is 0 Å². The van der Waals surface area contributed by atoms with Gasteiger partial charge in [-0.3, -0.25) is 4.79 Å². The molecule has 1 fully saturated rings. The zero-order valence-electron chi connectivity index (χ0n) is 16.7. The van der Waals surface area contributed by atoms with Crippen molar-refractivity contribution in [2.75, 3.05) is 13.1 Å². The number of hydrogen-bond donors (Lipinski definition) is 0. The molecule has 1 aliphatic rings. The summed E-state index contributed by atoms with van der Waals surface area (Å²) in [5, 5.41) is 0. The van der Waals surface area contributed by atoms with Crippen LogP contribution < -0.4 is 0 Å². The van der Waals surface area contributed by atoms with Crippen molar-refractivity contribution in [2.45, 2.75) is 32.6 Å². The first-order chi connectivity index (χ1) is 14.0. The van der Waals surface area contributed by atoms with E-state index in [1.54, 1.807) is 23.1 Å². The van der Waals surface area contributed by atoms with Crippen LogP contribution in [0.15, 0.2) is 54.7 Å². The second-order valence-electron chi connectivity index (χ2n) is 7.66. The first kappa shape index (κ1) is 19.2. The third-order valence-corrected chi connectivity index (χ3v) is 5.47. The Morgan fingerprint density at radius 1 is 1.14 bits per heavy atom. The Labute approximate surface area is 170 Å². The van der Waals surface area contributed by atoms with Gasteiger partial charge in [-0.15, -0.1) is 0 Å². The lowest BCUT2D eigenvalue weighted by atomic mass is 9.89. The SMILES string of the molecule is Cc1cccc(-c2cnc(C)nc2[C@@H]2CCCN(C(=O)c3ccccc3F)C2)c1. The average Bonchev–Trinajstić information content (AvgIpc) is 2.73. The lowest BCUT2D eigenvalue weighted by Crippen LogP contribution is -2.39. The van der Waals surface area contributed by atoms with E-state index in [1.165, 1.54) is 11.6 Å². The standard InChI is InChI=1S/C24H24FN3O/c1-16-7-5-8-18(13-16)21-14-26-17(2)27-23(21)19-9-6-12-28(15-19)24(29)20-10-3-4-11-22(20)25/h3-5,7-8,10-11,13-14,19H,6,9,12,15H2,1-2H3/t19-/m1/s1. The van der Waals surface area contributed by atoms with Crippen LogP contribution in [0.25, 0.3) is 11.1 Å². The fourth-order valence-corrected chi connectivity index (χ4v) is 4.02. The Hall–Kier alpha value is -3.08. The van der Waals surface area contributed by atoms with E-state index in [-0.39, 0.29) is 17.4 Å². The zero-order chi connectivity index (χ0) is 20.4. The summed E-state index contributed by atoms with van der Waals surface area (Å²) in [6.45, 7) is 5.11. The molecule has 29 heavy (non-hydrogen) atoms. The smallest absolute Gasteiger partial charge is 0.256 e. The molecule has 148 valence electrons. The third-order valence-electron chi connectivity index (χ3n) is 5.47. The summed E-state index contributed by atoms with van der Waals surface area (Å²) in [5.74, 6) is 0.0827. The van der Waals surface area contributed by atoms with Crippen LogP contribution in [0.5, 0.6) is 0 Å². The molecule has 1 amide bonds. The summed E-state index contributed by atoms with van der Waals surface area (Å²) in [5.41, 5.74) is 4.36. The van der Waals surface area contributed by atoms with Gasteiger partial charge >= 0.3 is 0 Å². The van der Waals surface area contributed by atoms with Crippen LogP contribution in [-0.4, -0.2) is 33.9 Å². The summed E-state index contributed by atoms with van der Waals surface area (Å²) in [6.07, 6.45) is 3.68. The van der Waals surface area contributed by atoms with E-state index >= 15 is 0 Å². The highest BCUT2D eigenvalue weighted by Crippen LogP contribution is 2.33. The summed E-state index contributed by atoms with van der Waals surface area (Å²) < 4.78 is 14.1. The average molecular weight is 389 g/mol. The van der Waals surface area contributed by atoms with Crippen molar-refractivity contribution in [1.29, 1.82) is 0 Å². The van der Waals surface area contributed by atoms with Crippen LogP contribution in [0.2, 0.25) is 0 Å². The topological polar surface area (TPSA) is 46.1 Å². The van der Waals surface area contributed by atoms with Gasteiger partial charge in [-0.25, -0.2) is 14.4 Å². The van der Waals surface area contributed by atoms with Gasteiger partial charge in [-0.2, -0.15) is 0 Å². The molecule has 0 unspecified atom stereocenters. The molecule has 0 saturated carbocycles. The summed E-state index contributed by atoms with van der Waals surface area (Å²) >= 11 is 0. The van der Waals surface area contributed by atoms with Crippen molar-refractivity contribution in [1.82, 2.24) is 14.9 Å². The van der Waals surface area contributed by atoms with Crippen LogP contribution in [0, 0.1) is 19.7 Å². The molecule has 2 heterocycles. The van der Waals surface area contributed by atoms with Crippen molar-refractivity contribution in [3.8, 4) is 11.1 Å². The normalized spacial score (nSPS) is 16.7. The minimum absolute atomic E-state index is 0.0942. The number of hydrogen-bond acceptors (Lipinski definition) is 3.